The van der Waals surface area contributed by atoms with E-state index in [1.165, 1.54) is 7.11 Å². The second-order valence-electron chi connectivity index (χ2n) is 11.7. The first-order chi connectivity index (χ1) is 19.7. The van der Waals surface area contributed by atoms with Crippen LogP contribution in [0, 0.1) is 11.8 Å². The summed E-state index contributed by atoms with van der Waals surface area (Å²) in [5.41, 5.74) is 11.5. The number of aliphatic hydroxyl groups is 1. The van der Waals surface area contributed by atoms with Gasteiger partial charge in [-0.2, -0.15) is 0 Å². The molecule has 208 valence electrons. The lowest BCUT2D eigenvalue weighted by Gasteiger charge is -2.28. The maximum Gasteiger partial charge on any atom is 0.212 e. The molecule has 41 heavy (non-hydrogen) atoms. The number of Topliss-reactive ketones (excluding diaryl/α,β-unsaturated/α-hetero) is 1. The van der Waals surface area contributed by atoms with Crippen LogP contribution in [0.1, 0.15) is 53.9 Å². The van der Waals surface area contributed by atoms with Crippen LogP contribution in [0.5, 0.6) is 0 Å². The zero-order valence-electron chi connectivity index (χ0n) is 24.4. The largest absolute Gasteiger partial charge is 0.508 e. The molecule has 7 nitrogen and oxygen atoms in total. The van der Waals surface area contributed by atoms with Gasteiger partial charge in [0.1, 0.15) is 5.76 Å². The number of nitrogens with zero attached hydrogens (tertiary/aromatic N) is 3. The quantitative estimate of drug-likeness (QED) is 0.441. The molecule has 5 aliphatic heterocycles. The number of carbonyl (C=O) groups is 1. The number of nitrogens with one attached hydrogen (secondary N) is 1. The smallest absolute Gasteiger partial charge is 0.212 e. The maximum absolute atomic E-state index is 13.8. The van der Waals surface area contributed by atoms with E-state index in [4.69, 9.17) is 19.7 Å². The molecule has 5 heterocycles. The monoisotopic (exact) mass is 546 g/mol. The molecule has 3 atom stereocenters. The molecule has 8 bridgehead atoms. The number of hydrogen-bond acceptors (Lipinski definition) is 7. The molecule has 7 rings (SSSR count). The first-order valence-corrected chi connectivity index (χ1v) is 14.4. The first kappa shape index (κ1) is 25.8. The van der Waals surface area contributed by atoms with Crippen LogP contribution in [0.3, 0.4) is 0 Å². The van der Waals surface area contributed by atoms with E-state index in [0.717, 1.165) is 74.2 Å². The van der Waals surface area contributed by atoms with Gasteiger partial charge in [-0.25, -0.2) is 15.0 Å². The molecule has 0 aromatic heterocycles. The fourth-order valence-corrected chi connectivity index (χ4v) is 7.49. The maximum atomic E-state index is 13.8. The Bertz CT molecular complexity index is 1760. The molecule has 0 aromatic rings. The minimum absolute atomic E-state index is 0.0458. The summed E-state index contributed by atoms with van der Waals surface area (Å²) >= 11 is 0. The van der Waals surface area contributed by atoms with Crippen molar-refractivity contribution in [1.29, 1.82) is 0 Å². The second kappa shape index (κ2) is 8.70. The number of fused-ring (bicyclic) bond motifs is 4. The topological polar surface area (TPSA) is 95.6 Å². The van der Waals surface area contributed by atoms with E-state index in [-0.39, 0.29) is 23.4 Å². The van der Waals surface area contributed by atoms with Crippen LogP contribution in [0.4, 0.5) is 0 Å². The lowest BCUT2D eigenvalue weighted by Crippen LogP contribution is -2.44. The average molecular weight is 547 g/mol. The lowest BCUT2D eigenvalue weighted by molar-refractivity contribution is -0.135. The molecular weight excluding hydrogens is 512 g/mol. The summed E-state index contributed by atoms with van der Waals surface area (Å²) in [6.07, 6.45) is 9.81. The fraction of sp³-hybridized carbons (Fsp3) is 0.353. The van der Waals surface area contributed by atoms with E-state index in [1.54, 1.807) is 0 Å². The molecule has 7 aliphatic rings. The molecule has 3 unspecified atom stereocenters. The molecule has 1 fully saturated rings. The van der Waals surface area contributed by atoms with Gasteiger partial charge in [0.15, 0.2) is 5.78 Å². The number of methoxy groups -OCH3 is 1. The highest BCUT2D eigenvalue weighted by atomic mass is 16.5. The second-order valence-corrected chi connectivity index (χ2v) is 11.7. The van der Waals surface area contributed by atoms with Gasteiger partial charge in [-0.05, 0) is 74.1 Å². The van der Waals surface area contributed by atoms with Gasteiger partial charge in [0, 0.05) is 53.5 Å². The minimum atomic E-state index is -1.57. The fourth-order valence-electron chi connectivity index (χ4n) is 7.49. The summed E-state index contributed by atoms with van der Waals surface area (Å²) in [4.78, 5) is 29.0. The third-order valence-electron chi connectivity index (χ3n) is 9.87. The number of hydrogen-bond donors (Lipinski definition) is 2. The van der Waals surface area contributed by atoms with E-state index in [0.29, 0.717) is 29.7 Å². The van der Waals surface area contributed by atoms with Gasteiger partial charge in [0.05, 0.1) is 34.2 Å². The van der Waals surface area contributed by atoms with Crippen LogP contribution < -0.4 is 5.32 Å². The molecule has 0 saturated carbocycles. The zero-order valence-corrected chi connectivity index (χ0v) is 24.4. The SMILES string of the molecule is C=CC1=C(C)C2=NC1=CC1=NC(=CC3=C(C)C4=C(O)C5(OC)C(=O)CCC6C(=C5C4=N3)NC(=C2)C6C)C(CC)=C1C. The average Bonchev–Trinajstić information content (AvgIpc) is 3.65. The minimum Gasteiger partial charge on any atom is -0.508 e. The summed E-state index contributed by atoms with van der Waals surface area (Å²) in [5.74, 6) is -0.0526. The third kappa shape index (κ3) is 3.18. The van der Waals surface area contributed by atoms with Gasteiger partial charge in [-0.1, -0.05) is 26.5 Å². The number of aliphatic imine (C=N–C) groups is 3. The molecule has 0 spiro atoms. The summed E-state index contributed by atoms with van der Waals surface area (Å²) in [7, 11) is 1.50. The van der Waals surface area contributed by atoms with Crippen molar-refractivity contribution in [2.75, 3.05) is 7.11 Å². The van der Waals surface area contributed by atoms with E-state index in [1.807, 2.05) is 19.1 Å². The van der Waals surface area contributed by atoms with Gasteiger partial charge in [0.2, 0.25) is 5.60 Å². The highest BCUT2D eigenvalue weighted by Crippen LogP contribution is 2.54. The molecular formula is C34H34N4O3. The Labute approximate surface area is 240 Å². The Kier molecular flexibility index (Phi) is 5.48. The van der Waals surface area contributed by atoms with Crippen molar-refractivity contribution in [3.8, 4) is 0 Å². The van der Waals surface area contributed by atoms with E-state index < -0.39 is 5.60 Å². The van der Waals surface area contributed by atoms with Crippen molar-refractivity contribution in [1.82, 2.24) is 5.32 Å². The normalized spacial score (nSPS) is 30.1. The molecule has 0 aromatic carbocycles. The third-order valence-corrected chi connectivity index (χ3v) is 9.87. The highest BCUT2D eigenvalue weighted by molar-refractivity contribution is 6.27. The van der Waals surface area contributed by atoms with Gasteiger partial charge < -0.3 is 15.2 Å². The van der Waals surface area contributed by atoms with Gasteiger partial charge >= 0.3 is 0 Å². The van der Waals surface area contributed by atoms with Crippen LogP contribution in [0.2, 0.25) is 0 Å². The first-order valence-electron chi connectivity index (χ1n) is 14.4. The summed E-state index contributed by atoms with van der Waals surface area (Å²) in [6.45, 7) is 14.5. The van der Waals surface area contributed by atoms with Gasteiger partial charge in [0.25, 0.3) is 0 Å². The number of ether oxygens (including phenoxy) is 1. The van der Waals surface area contributed by atoms with Crippen molar-refractivity contribution >= 4 is 22.9 Å². The Morgan fingerprint density at radius 2 is 1.83 bits per heavy atom. The molecule has 2 N–H and O–H groups in total. The Morgan fingerprint density at radius 3 is 2.54 bits per heavy atom. The highest BCUT2D eigenvalue weighted by Gasteiger charge is 2.60. The predicted octanol–water partition coefficient (Wildman–Crippen LogP) is 6.20. The zero-order chi connectivity index (χ0) is 29.0. The van der Waals surface area contributed by atoms with Crippen LogP contribution in [0.15, 0.2) is 119 Å². The van der Waals surface area contributed by atoms with Crippen molar-refractivity contribution in [3.63, 3.8) is 0 Å². The van der Waals surface area contributed by atoms with Crippen LogP contribution in [-0.2, 0) is 9.53 Å². The van der Waals surface area contributed by atoms with E-state index in [9.17, 15) is 9.90 Å². The Hall–Kier alpha value is -4.10. The summed E-state index contributed by atoms with van der Waals surface area (Å²) in [6, 6.07) is 0. The number of ketones is 1. The van der Waals surface area contributed by atoms with E-state index >= 15 is 0 Å². The van der Waals surface area contributed by atoms with Crippen LogP contribution in [-0.4, -0.2) is 40.7 Å². The molecule has 7 heteroatoms. The predicted molar refractivity (Wildman–Crippen MR) is 162 cm³/mol. The Morgan fingerprint density at radius 1 is 1.10 bits per heavy atom. The molecule has 2 aliphatic carbocycles. The van der Waals surface area contributed by atoms with Crippen molar-refractivity contribution < 1.29 is 14.6 Å². The molecule has 1 saturated heterocycles. The lowest BCUT2D eigenvalue weighted by atomic mass is 9.87. The van der Waals surface area contributed by atoms with Crippen LogP contribution >= 0.6 is 0 Å². The van der Waals surface area contributed by atoms with Crippen LogP contribution in [0.25, 0.3) is 0 Å². The number of allylic oxidation sites excluding steroid dienone is 11. The number of rotatable bonds is 3. The van der Waals surface area contributed by atoms with Gasteiger partial charge in [-0.3, -0.25) is 4.79 Å². The summed E-state index contributed by atoms with van der Waals surface area (Å²) in [5, 5.41) is 15.5. The standard InChI is InChI=1S/C34H34N4O3/c1-8-19-15(3)22-12-24-17(5)21-10-11-28(39)34(41-7)30(31(21)37-24)32-29(33(34)40)18(6)25(38-32)14-27-20(9-2)16(4)23(36-27)13-26(19)35-22/h8,12-14,17,21,37,40H,1,9-11H2,2-7H3. The molecule has 0 radical (unpaired) electrons. The van der Waals surface area contributed by atoms with Crippen molar-refractivity contribution in [2.45, 2.75) is 59.5 Å². The Balaban J connectivity index is 1.58. The number of aliphatic hydroxyl groups excluding tert-OH is 1. The number of carbonyl (C=O) groups excluding carboxylic acids is 1. The summed E-state index contributed by atoms with van der Waals surface area (Å²) < 4.78 is 6.01. The van der Waals surface area contributed by atoms with Gasteiger partial charge in [-0.15, -0.1) is 0 Å². The van der Waals surface area contributed by atoms with Crippen molar-refractivity contribution in [3.05, 3.63) is 104 Å². The molecule has 0 amide bonds. The van der Waals surface area contributed by atoms with Crippen molar-refractivity contribution in [2.24, 2.45) is 26.8 Å². The van der Waals surface area contributed by atoms with E-state index in [2.05, 4.69) is 51.7 Å².